The van der Waals surface area contributed by atoms with Crippen LogP contribution in [0.25, 0.3) is 0 Å². The van der Waals surface area contributed by atoms with Crippen molar-refractivity contribution in [2.24, 2.45) is 0 Å². The van der Waals surface area contributed by atoms with Crippen molar-refractivity contribution < 1.29 is 2.74 Å². The van der Waals surface area contributed by atoms with Crippen molar-refractivity contribution in [1.29, 1.82) is 0 Å². The highest BCUT2D eigenvalue weighted by Gasteiger charge is 2.26. The first kappa shape index (κ1) is 8.25. The summed E-state index contributed by atoms with van der Waals surface area (Å²) >= 11 is 0. The summed E-state index contributed by atoms with van der Waals surface area (Å²) in [5.74, 6) is 0. The first-order valence-electron chi connectivity index (χ1n) is 6.26. The molecule has 78 valence electrons. The Morgan fingerprint density at radius 3 is 1.92 bits per heavy atom. The molecule has 0 spiro atoms. The molecule has 0 radical (unpaired) electrons. The fraction of sp³-hybridized carbons (Fsp3) is 1.00. The Morgan fingerprint density at radius 1 is 1.15 bits per heavy atom. The Balaban J connectivity index is 2.73. The van der Waals surface area contributed by atoms with E-state index in [0.717, 1.165) is 13.1 Å². The normalized spacial score (nSPS) is 36.2. The number of hydrogen-bond acceptors (Lipinski definition) is 2. The molecule has 0 amide bonds. The Labute approximate surface area is 85.7 Å². The number of hydrogen-bond donors (Lipinski definition) is 0. The maximum absolute atomic E-state index is 8.10. The second-order valence-corrected chi connectivity index (χ2v) is 4.99. The minimum absolute atomic E-state index is 0.0814. The molecule has 1 rings (SSSR count). The van der Waals surface area contributed by atoms with Gasteiger partial charge in [-0.25, -0.2) is 0 Å². The van der Waals surface area contributed by atoms with E-state index in [-0.39, 0.29) is 18.6 Å². The van der Waals surface area contributed by atoms with Gasteiger partial charge in [0.15, 0.2) is 0 Å². The Bertz CT molecular complexity index is 201. The van der Waals surface area contributed by atoms with Crippen LogP contribution in [-0.2, 0) is 0 Å². The van der Waals surface area contributed by atoms with E-state index < -0.39 is 0 Å². The van der Waals surface area contributed by atoms with Crippen LogP contribution in [-0.4, -0.2) is 47.5 Å². The Hall–Kier alpha value is -0.0800. The lowest BCUT2D eigenvalue weighted by molar-refractivity contribution is 0.0491. The van der Waals surface area contributed by atoms with E-state index in [1.165, 1.54) is 0 Å². The molecular formula is C11H24N2. The summed E-state index contributed by atoms with van der Waals surface area (Å²) in [5, 5.41) is 0. The molecule has 1 saturated heterocycles. The van der Waals surface area contributed by atoms with Crippen molar-refractivity contribution in [3.05, 3.63) is 0 Å². The van der Waals surface area contributed by atoms with Crippen molar-refractivity contribution in [1.82, 2.24) is 9.80 Å². The molecule has 2 nitrogen and oxygen atoms in total. The molecule has 0 aromatic rings. The van der Waals surface area contributed by atoms with E-state index in [4.69, 9.17) is 2.74 Å². The maximum atomic E-state index is 8.10. The minimum Gasteiger partial charge on any atom is -0.298 e. The summed E-state index contributed by atoms with van der Waals surface area (Å²) < 4.78 is 16.2. The van der Waals surface area contributed by atoms with Crippen LogP contribution in [0.5, 0.6) is 0 Å². The third-order valence-electron chi connectivity index (χ3n) is 2.53. The smallest absolute Gasteiger partial charge is 0.0444 e. The van der Waals surface area contributed by atoms with Crippen LogP contribution in [0.15, 0.2) is 0 Å². The summed E-state index contributed by atoms with van der Waals surface area (Å²) in [5.41, 5.74) is -0.0814. The molecule has 13 heavy (non-hydrogen) atoms. The van der Waals surface area contributed by atoms with Gasteiger partial charge in [0.2, 0.25) is 0 Å². The molecule has 2 heteroatoms. The lowest BCUT2D eigenvalue weighted by Crippen LogP contribution is -2.54. The summed E-state index contributed by atoms with van der Waals surface area (Å²) in [6, 6.07) is 0.438. The lowest BCUT2D eigenvalue weighted by Gasteiger charge is -2.43. The van der Waals surface area contributed by atoms with Crippen molar-refractivity contribution in [3.8, 4) is 0 Å². The van der Waals surface area contributed by atoms with E-state index in [0.29, 0.717) is 6.04 Å². The second-order valence-electron chi connectivity index (χ2n) is 4.99. The molecule has 2 unspecified atom stereocenters. The molecule has 1 aliphatic rings. The van der Waals surface area contributed by atoms with Gasteiger partial charge in [-0.3, -0.25) is 9.80 Å². The third kappa shape index (κ3) is 2.96. The monoisotopic (exact) mass is 186 g/mol. The highest BCUT2D eigenvalue weighted by molar-refractivity contribution is 4.82. The van der Waals surface area contributed by atoms with Gasteiger partial charge in [0.25, 0.3) is 0 Å². The summed E-state index contributed by atoms with van der Waals surface area (Å²) in [6.45, 7) is 11.5. The van der Waals surface area contributed by atoms with Crippen LogP contribution in [0.4, 0.5) is 0 Å². The van der Waals surface area contributed by atoms with Gasteiger partial charge in [-0.05, 0) is 34.6 Å². The molecule has 2 atom stereocenters. The predicted octanol–water partition coefficient (Wildman–Crippen LogP) is 1.81. The molecule has 0 aromatic carbocycles. The average Bonchev–Trinajstić information content (AvgIpc) is 1.99. The quantitative estimate of drug-likeness (QED) is 0.616. The summed E-state index contributed by atoms with van der Waals surface area (Å²) in [7, 11) is 0. The second kappa shape index (κ2) is 3.97. The van der Waals surface area contributed by atoms with Crippen molar-refractivity contribution >= 4 is 0 Å². The van der Waals surface area contributed by atoms with Crippen molar-refractivity contribution in [2.45, 2.75) is 46.2 Å². The van der Waals surface area contributed by atoms with Gasteiger partial charge in [-0.2, -0.15) is 0 Å². The largest absolute Gasteiger partial charge is 0.298 e. The van der Waals surface area contributed by atoms with Crippen LogP contribution in [0.2, 0.25) is 0 Å². The highest BCUT2D eigenvalue weighted by atomic mass is 15.3. The maximum Gasteiger partial charge on any atom is 0.0444 e. The van der Waals surface area contributed by atoms with Crippen LogP contribution in [0, 0.1) is 0 Å². The van der Waals surface area contributed by atoms with E-state index >= 15 is 0 Å². The lowest BCUT2D eigenvalue weighted by atomic mass is 10.0. The van der Waals surface area contributed by atoms with Gasteiger partial charge >= 0.3 is 0 Å². The van der Waals surface area contributed by atoms with Gasteiger partial charge in [-0.1, -0.05) is 0 Å². The number of nitrogens with zero attached hydrogens (tertiary/aromatic N) is 2. The fourth-order valence-corrected chi connectivity index (χ4v) is 1.50. The van der Waals surface area contributed by atoms with Gasteiger partial charge in [-0.15, -0.1) is 0 Å². The van der Waals surface area contributed by atoms with Gasteiger partial charge in [0.1, 0.15) is 0 Å². The first-order valence-corrected chi connectivity index (χ1v) is 5.10. The van der Waals surface area contributed by atoms with Gasteiger partial charge in [0.05, 0.1) is 0 Å². The van der Waals surface area contributed by atoms with Crippen LogP contribution in [0.3, 0.4) is 0 Å². The predicted molar refractivity (Wildman–Crippen MR) is 58.0 cm³/mol. The van der Waals surface area contributed by atoms with Crippen molar-refractivity contribution in [3.63, 3.8) is 0 Å². The zero-order valence-electron chi connectivity index (χ0n) is 11.5. The first-order chi connectivity index (χ1) is 6.73. The Morgan fingerprint density at radius 2 is 1.62 bits per heavy atom. The van der Waals surface area contributed by atoms with Gasteiger partial charge < -0.3 is 0 Å². The molecule has 0 saturated carbocycles. The average molecular weight is 186 g/mol. The van der Waals surface area contributed by atoms with Gasteiger partial charge in [0, 0.05) is 40.5 Å². The Kier molecular flexibility index (Phi) is 2.52. The SMILES string of the molecule is [2H]C1CN(C(C)C)CC([2H])N1C(C)(C)C. The number of piperazine rings is 1. The van der Waals surface area contributed by atoms with Crippen LogP contribution in [0.1, 0.15) is 37.4 Å². The topological polar surface area (TPSA) is 6.48 Å². The summed E-state index contributed by atoms with van der Waals surface area (Å²) in [6.07, 6.45) is 0. The third-order valence-corrected chi connectivity index (χ3v) is 2.53. The molecule has 0 aliphatic carbocycles. The van der Waals surface area contributed by atoms with Crippen molar-refractivity contribution in [2.75, 3.05) is 26.1 Å². The fourth-order valence-electron chi connectivity index (χ4n) is 1.50. The van der Waals surface area contributed by atoms with E-state index in [1.807, 2.05) is 4.90 Å². The number of rotatable bonds is 1. The van der Waals surface area contributed by atoms with Crippen LogP contribution < -0.4 is 0 Å². The standard InChI is InChI=1S/C11H24N2/c1-10(2)12-6-8-13(9-7-12)11(3,4)5/h10H,6-9H2,1-5H3/i8D,9D. The molecule has 1 fully saturated rings. The van der Waals surface area contributed by atoms with E-state index in [2.05, 4.69) is 39.5 Å². The molecule has 0 aromatic heterocycles. The molecule has 1 aliphatic heterocycles. The zero-order valence-corrected chi connectivity index (χ0v) is 9.54. The summed E-state index contributed by atoms with van der Waals surface area (Å²) in [4.78, 5) is 4.21. The van der Waals surface area contributed by atoms with Crippen LogP contribution >= 0.6 is 0 Å². The van der Waals surface area contributed by atoms with E-state index in [9.17, 15) is 0 Å². The zero-order chi connectivity index (χ0) is 11.8. The highest BCUT2D eigenvalue weighted by Crippen LogP contribution is 2.16. The molecule has 0 bridgehead atoms. The molecule has 0 N–H and O–H groups in total. The molecule has 1 heterocycles. The molecular weight excluding hydrogens is 160 g/mol. The van der Waals surface area contributed by atoms with E-state index in [1.54, 1.807) is 0 Å². The minimum atomic E-state index is -0.274.